The van der Waals surface area contributed by atoms with E-state index in [1.807, 2.05) is 11.0 Å². The van der Waals surface area contributed by atoms with Gasteiger partial charge in [-0.3, -0.25) is 4.79 Å². The van der Waals surface area contributed by atoms with E-state index in [-0.39, 0.29) is 17.3 Å². The second-order valence-corrected chi connectivity index (χ2v) is 9.04. The van der Waals surface area contributed by atoms with E-state index in [0.29, 0.717) is 30.0 Å². The number of fused-ring (bicyclic) bond motifs is 1. The molecule has 3 saturated heterocycles. The largest absolute Gasteiger partial charge is 0.369 e. The highest BCUT2D eigenvalue weighted by Crippen LogP contribution is 2.57. The Morgan fingerprint density at radius 1 is 1.31 bits per heavy atom. The monoisotopic (exact) mass is 358 g/mol. The Labute approximate surface area is 154 Å². The maximum atomic E-state index is 14.4. The van der Waals surface area contributed by atoms with Gasteiger partial charge in [-0.2, -0.15) is 0 Å². The zero-order valence-corrected chi connectivity index (χ0v) is 15.6. The molecule has 4 atom stereocenters. The number of carbonyl (C=O) groups excluding carboxylic acids is 1. The molecule has 1 aromatic carbocycles. The molecule has 5 rings (SSSR count). The number of halogens is 1. The van der Waals surface area contributed by atoms with Crippen LogP contribution in [-0.2, 0) is 14.9 Å². The number of nitrogens with zero attached hydrogens (tertiary/aromatic N) is 2. The van der Waals surface area contributed by atoms with E-state index in [1.165, 1.54) is 6.07 Å². The molecule has 1 aromatic rings. The van der Waals surface area contributed by atoms with Crippen molar-refractivity contribution in [2.75, 3.05) is 33.7 Å². The highest BCUT2D eigenvalue weighted by Gasteiger charge is 2.65. The number of rotatable bonds is 4. The summed E-state index contributed by atoms with van der Waals surface area (Å²) >= 11 is 0. The number of amides is 1. The van der Waals surface area contributed by atoms with Crippen molar-refractivity contribution in [3.8, 4) is 0 Å². The summed E-state index contributed by atoms with van der Waals surface area (Å²) in [6.45, 7) is 2.47. The van der Waals surface area contributed by atoms with E-state index in [9.17, 15) is 9.18 Å². The van der Waals surface area contributed by atoms with E-state index in [0.717, 1.165) is 38.8 Å². The molecule has 26 heavy (non-hydrogen) atoms. The van der Waals surface area contributed by atoms with Crippen LogP contribution in [0.5, 0.6) is 0 Å². The van der Waals surface area contributed by atoms with Crippen molar-refractivity contribution >= 4 is 5.91 Å². The lowest BCUT2D eigenvalue weighted by molar-refractivity contribution is -0.134. The molecule has 4 nitrogen and oxygen atoms in total. The topological polar surface area (TPSA) is 32.8 Å². The minimum Gasteiger partial charge on any atom is -0.369 e. The molecule has 1 aliphatic carbocycles. The van der Waals surface area contributed by atoms with Crippen LogP contribution in [0.25, 0.3) is 0 Å². The van der Waals surface area contributed by atoms with Gasteiger partial charge in [0, 0.05) is 30.5 Å². The molecule has 3 heterocycles. The van der Waals surface area contributed by atoms with Crippen LogP contribution in [0.3, 0.4) is 0 Å². The Bertz CT molecular complexity index is 747. The number of benzene rings is 1. The summed E-state index contributed by atoms with van der Waals surface area (Å²) in [7, 11) is 4.21. The predicted molar refractivity (Wildman–Crippen MR) is 96.3 cm³/mol. The molecule has 1 saturated carbocycles. The predicted octanol–water partition coefficient (Wildman–Crippen LogP) is 2.42. The van der Waals surface area contributed by atoms with Gasteiger partial charge in [-0.15, -0.1) is 0 Å². The third-order valence-corrected chi connectivity index (χ3v) is 7.20. The van der Waals surface area contributed by atoms with E-state index >= 15 is 0 Å². The van der Waals surface area contributed by atoms with Crippen LogP contribution in [0.4, 0.5) is 4.39 Å². The molecular weight excluding hydrogens is 331 g/mol. The van der Waals surface area contributed by atoms with Gasteiger partial charge < -0.3 is 14.5 Å². The quantitative estimate of drug-likeness (QED) is 0.829. The Kier molecular flexibility index (Phi) is 3.55. The molecule has 2 bridgehead atoms. The van der Waals surface area contributed by atoms with Crippen LogP contribution in [0.2, 0.25) is 0 Å². The standard InChI is InChI=1S/C21H27FN2O2/c1-23(2)11-14-16-12-24(13-21(16)8-7-18(14)26-21)19(25)20(9-10-20)15-5-3-4-6-17(15)22/h3-6,14,16,18H,7-13H2,1-2H3/t14-,16+,18+,21+/m0/s1. The molecular formula is C21H27FN2O2. The van der Waals surface area contributed by atoms with Crippen LogP contribution >= 0.6 is 0 Å². The summed E-state index contributed by atoms with van der Waals surface area (Å²) < 4.78 is 20.8. The lowest BCUT2D eigenvalue weighted by atomic mass is 9.73. The highest BCUT2D eigenvalue weighted by atomic mass is 19.1. The molecule has 3 aliphatic heterocycles. The second-order valence-electron chi connectivity index (χ2n) is 9.04. The lowest BCUT2D eigenvalue weighted by Crippen LogP contribution is -2.41. The molecule has 1 amide bonds. The fraction of sp³-hybridized carbons (Fsp3) is 0.667. The first-order valence-corrected chi connectivity index (χ1v) is 9.82. The van der Waals surface area contributed by atoms with E-state index in [2.05, 4.69) is 19.0 Å². The average Bonchev–Trinajstić information content (AvgIpc) is 3.05. The van der Waals surface area contributed by atoms with Gasteiger partial charge >= 0.3 is 0 Å². The van der Waals surface area contributed by atoms with Crippen LogP contribution in [-0.4, -0.2) is 61.1 Å². The maximum Gasteiger partial charge on any atom is 0.233 e. The van der Waals surface area contributed by atoms with Crippen LogP contribution in [0.15, 0.2) is 24.3 Å². The summed E-state index contributed by atoms with van der Waals surface area (Å²) in [6.07, 6.45) is 4.02. The van der Waals surface area contributed by atoms with Gasteiger partial charge in [-0.25, -0.2) is 4.39 Å². The summed E-state index contributed by atoms with van der Waals surface area (Å²) in [6, 6.07) is 6.78. The fourth-order valence-corrected chi connectivity index (χ4v) is 5.89. The van der Waals surface area contributed by atoms with Crippen molar-refractivity contribution in [3.63, 3.8) is 0 Å². The summed E-state index contributed by atoms with van der Waals surface area (Å²) in [5, 5.41) is 0. The van der Waals surface area contributed by atoms with Gasteiger partial charge in [0.25, 0.3) is 0 Å². The van der Waals surface area contributed by atoms with Crippen molar-refractivity contribution in [3.05, 3.63) is 35.6 Å². The molecule has 4 fully saturated rings. The first-order valence-electron chi connectivity index (χ1n) is 9.82. The van der Waals surface area contributed by atoms with Crippen molar-refractivity contribution < 1.29 is 13.9 Å². The zero-order valence-electron chi connectivity index (χ0n) is 15.6. The van der Waals surface area contributed by atoms with Gasteiger partial charge in [0.2, 0.25) is 5.91 Å². The SMILES string of the molecule is CN(C)C[C@H]1[C@H]2CN(C(=O)C3(c4ccccc4F)CC3)C[C@]23CC[C@H]1O3. The zero-order chi connectivity index (χ0) is 18.1. The molecule has 1 spiro atoms. The summed E-state index contributed by atoms with van der Waals surface area (Å²) in [5.74, 6) is 0.782. The van der Waals surface area contributed by atoms with E-state index in [1.54, 1.807) is 12.1 Å². The number of ether oxygens (including phenoxy) is 1. The minimum atomic E-state index is -0.629. The third kappa shape index (κ3) is 2.23. The van der Waals surface area contributed by atoms with E-state index in [4.69, 9.17) is 4.74 Å². The summed E-state index contributed by atoms with van der Waals surface area (Å²) in [4.78, 5) is 17.6. The first-order chi connectivity index (χ1) is 12.5. The molecule has 0 unspecified atom stereocenters. The van der Waals surface area contributed by atoms with Gasteiger partial charge in [0.15, 0.2) is 0 Å². The van der Waals surface area contributed by atoms with Crippen LogP contribution in [0, 0.1) is 17.7 Å². The van der Waals surface area contributed by atoms with Crippen LogP contribution < -0.4 is 0 Å². The average molecular weight is 358 g/mol. The van der Waals surface area contributed by atoms with Gasteiger partial charge in [-0.1, -0.05) is 18.2 Å². The van der Waals surface area contributed by atoms with Gasteiger partial charge in [-0.05, 0) is 45.8 Å². The first kappa shape index (κ1) is 16.7. The normalized spacial score (nSPS) is 36.6. The number of hydrogen-bond donors (Lipinski definition) is 0. The van der Waals surface area contributed by atoms with Gasteiger partial charge in [0.1, 0.15) is 5.82 Å². The molecule has 0 radical (unpaired) electrons. The molecule has 0 N–H and O–H groups in total. The maximum absolute atomic E-state index is 14.4. The second kappa shape index (κ2) is 5.52. The van der Waals surface area contributed by atoms with E-state index < -0.39 is 5.41 Å². The fourth-order valence-electron chi connectivity index (χ4n) is 5.89. The number of hydrogen-bond acceptors (Lipinski definition) is 3. The molecule has 0 aromatic heterocycles. The Morgan fingerprint density at radius 3 is 2.77 bits per heavy atom. The Balaban J connectivity index is 1.40. The van der Waals surface area contributed by atoms with Crippen LogP contribution in [0.1, 0.15) is 31.2 Å². The highest BCUT2D eigenvalue weighted by molar-refractivity contribution is 5.91. The smallest absolute Gasteiger partial charge is 0.233 e. The van der Waals surface area contributed by atoms with Crippen molar-refractivity contribution in [2.45, 2.75) is 42.8 Å². The Hall–Kier alpha value is -1.46. The number of likely N-dealkylation sites (tertiary alicyclic amines) is 1. The Morgan fingerprint density at radius 2 is 2.08 bits per heavy atom. The lowest BCUT2D eigenvalue weighted by Gasteiger charge is -2.30. The van der Waals surface area contributed by atoms with Gasteiger partial charge in [0.05, 0.1) is 23.7 Å². The van der Waals surface area contributed by atoms with Crippen molar-refractivity contribution in [1.82, 2.24) is 9.80 Å². The summed E-state index contributed by atoms with van der Waals surface area (Å²) in [5.41, 5.74) is -0.197. The third-order valence-electron chi connectivity index (χ3n) is 7.20. The van der Waals surface area contributed by atoms with Crippen molar-refractivity contribution in [2.24, 2.45) is 11.8 Å². The number of carbonyl (C=O) groups is 1. The molecule has 5 heteroatoms. The molecule has 140 valence electrons. The molecule has 4 aliphatic rings. The van der Waals surface area contributed by atoms with Crippen molar-refractivity contribution in [1.29, 1.82) is 0 Å². The minimum absolute atomic E-state index is 0.113.